The smallest absolute Gasteiger partial charge is 0.135 e. The van der Waals surface area contributed by atoms with Crippen molar-refractivity contribution in [3.63, 3.8) is 0 Å². The average molecular weight is 260 g/mol. The van der Waals surface area contributed by atoms with E-state index >= 15 is 0 Å². The molecule has 96 valence electrons. The number of para-hydroxylation sites is 1. The molecule has 0 aliphatic carbocycles. The number of nitrogens with zero attached hydrogens (tertiary/aromatic N) is 1. The van der Waals surface area contributed by atoms with Crippen molar-refractivity contribution in [3.8, 4) is 11.1 Å². The SMILES string of the molecule is Nc1ncccc1-c1ccc2oc3ccccc3c2c1. The number of pyridine rings is 1. The predicted octanol–water partition coefficient (Wildman–Crippen LogP) is 4.23. The molecule has 2 heterocycles. The maximum atomic E-state index is 5.95. The van der Waals surface area contributed by atoms with E-state index in [9.17, 15) is 0 Å². The highest BCUT2D eigenvalue weighted by Gasteiger charge is 2.09. The van der Waals surface area contributed by atoms with Gasteiger partial charge in [-0.15, -0.1) is 0 Å². The number of rotatable bonds is 1. The van der Waals surface area contributed by atoms with E-state index < -0.39 is 0 Å². The van der Waals surface area contributed by atoms with Gasteiger partial charge in [-0.25, -0.2) is 4.98 Å². The van der Waals surface area contributed by atoms with Crippen molar-refractivity contribution in [2.75, 3.05) is 5.73 Å². The minimum Gasteiger partial charge on any atom is -0.456 e. The topological polar surface area (TPSA) is 52.0 Å². The Morgan fingerprint density at radius 3 is 2.60 bits per heavy atom. The normalized spacial score (nSPS) is 11.2. The van der Waals surface area contributed by atoms with E-state index in [2.05, 4.69) is 17.1 Å². The third-order valence-electron chi connectivity index (χ3n) is 3.53. The Kier molecular flexibility index (Phi) is 2.27. The summed E-state index contributed by atoms with van der Waals surface area (Å²) in [6.07, 6.45) is 1.70. The Morgan fingerprint density at radius 2 is 1.70 bits per heavy atom. The van der Waals surface area contributed by atoms with Crippen LogP contribution in [0.2, 0.25) is 0 Å². The summed E-state index contributed by atoms with van der Waals surface area (Å²) in [5.74, 6) is 0.541. The molecule has 0 saturated carbocycles. The van der Waals surface area contributed by atoms with Crippen LogP contribution >= 0.6 is 0 Å². The average Bonchev–Trinajstić information content (AvgIpc) is 2.85. The Labute approximate surface area is 115 Å². The third kappa shape index (κ3) is 1.57. The summed E-state index contributed by atoms with van der Waals surface area (Å²) in [5, 5.41) is 2.22. The van der Waals surface area contributed by atoms with Crippen LogP contribution in [0, 0.1) is 0 Å². The maximum absolute atomic E-state index is 5.95. The summed E-state index contributed by atoms with van der Waals surface area (Å²) in [6, 6.07) is 18.0. The zero-order valence-corrected chi connectivity index (χ0v) is 10.7. The van der Waals surface area contributed by atoms with Crippen molar-refractivity contribution < 1.29 is 4.42 Å². The lowest BCUT2D eigenvalue weighted by Gasteiger charge is -2.04. The molecule has 0 bridgehead atoms. The fourth-order valence-corrected chi connectivity index (χ4v) is 2.56. The number of anilines is 1. The van der Waals surface area contributed by atoms with Gasteiger partial charge in [-0.2, -0.15) is 0 Å². The van der Waals surface area contributed by atoms with Crippen LogP contribution in [0.4, 0.5) is 5.82 Å². The van der Waals surface area contributed by atoms with Gasteiger partial charge in [-0.1, -0.05) is 24.3 Å². The first-order chi connectivity index (χ1) is 9.83. The second-order valence-corrected chi connectivity index (χ2v) is 4.75. The highest BCUT2D eigenvalue weighted by atomic mass is 16.3. The van der Waals surface area contributed by atoms with Gasteiger partial charge < -0.3 is 10.2 Å². The van der Waals surface area contributed by atoms with Crippen molar-refractivity contribution in [3.05, 3.63) is 60.8 Å². The monoisotopic (exact) mass is 260 g/mol. The van der Waals surface area contributed by atoms with Crippen molar-refractivity contribution >= 4 is 27.8 Å². The molecule has 0 radical (unpaired) electrons. The number of furan rings is 1. The summed E-state index contributed by atoms with van der Waals surface area (Å²) in [5.41, 5.74) is 9.73. The van der Waals surface area contributed by atoms with Crippen LogP contribution < -0.4 is 5.73 Å². The van der Waals surface area contributed by atoms with Crippen molar-refractivity contribution in [1.82, 2.24) is 4.98 Å². The zero-order chi connectivity index (χ0) is 13.5. The lowest BCUT2D eigenvalue weighted by Crippen LogP contribution is -1.92. The molecule has 3 heteroatoms. The van der Waals surface area contributed by atoms with Crippen molar-refractivity contribution in [2.45, 2.75) is 0 Å². The molecule has 0 saturated heterocycles. The molecule has 0 fully saturated rings. The van der Waals surface area contributed by atoms with E-state index in [0.29, 0.717) is 5.82 Å². The summed E-state index contributed by atoms with van der Waals surface area (Å²) < 4.78 is 5.83. The molecule has 4 aromatic rings. The lowest BCUT2D eigenvalue weighted by atomic mass is 10.0. The molecule has 0 aliphatic rings. The van der Waals surface area contributed by atoms with E-state index in [1.165, 1.54) is 0 Å². The molecule has 0 atom stereocenters. The van der Waals surface area contributed by atoms with Crippen LogP contribution in [0.15, 0.2) is 65.2 Å². The second kappa shape index (κ2) is 4.10. The van der Waals surface area contributed by atoms with E-state index in [0.717, 1.165) is 33.1 Å². The first kappa shape index (κ1) is 11.1. The van der Waals surface area contributed by atoms with E-state index in [4.69, 9.17) is 10.2 Å². The Morgan fingerprint density at radius 1 is 0.850 bits per heavy atom. The molecule has 0 spiro atoms. The number of hydrogen-bond donors (Lipinski definition) is 1. The van der Waals surface area contributed by atoms with Crippen molar-refractivity contribution in [1.29, 1.82) is 0 Å². The molecule has 2 aromatic heterocycles. The minimum atomic E-state index is 0.541. The first-order valence-corrected chi connectivity index (χ1v) is 6.45. The predicted molar refractivity (Wildman–Crippen MR) is 81.4 cm³/mol. The van der Waals surface area contributed by atoms with Gasteiger partial charge in [0.1, 0.15) is 17.0 Å². The van der Waals surface area contributed by atoms with Gasteiger partial charge in [0, 0.05) is 22.5 Å². The fourth-order valence-electron chi connectivity index (χ4n) is 2.56. The Bertz CT molecular complexity index is 924. The van der Waals surface area contributed by atoms with Gasteiger partial charge in [-0.05, 0) is 35.9 Å². The molecular weight excluding hydrogens is 248 g/mol. The van der Waals surface area contributed by atoms with Gasteiger partial charge in [0.05, 0.1) is 0 Å². The number of aromatic nitrogens is 1. The highest BCUT2D eigenvalue weighted by Crippen LogP contribution is 2.33. The maximum Gasteiger partial charge on any atom is 0.135 e. The summed E-state index contributed by atoms with van der Waals surface area (Å²) in [4.78, 5) is 4.14. The molecule has 0 aliphatic heterocycles. The van der Waals surface area contributed by atoms with Gasteiger partial charge in [0.15, 0.2) is 0 Å². The molecule has 3 nitrogen and oxygen atoms in total. The van der Waals surface area contributed by atoms with Crippen LogP contribution in [0.1, 0.15) is 0 Å². The first-order valence-electron chi connectivity index (χ1n) is 6.45. The third-order valence-corrected chi connectivity index (χ3v) is 3.53. The standard InChI is InChI=1S/C17H12N2O/c18-17-12(5-3-9-19-17)11-7-8-16-14(10-11)13-4-1-2-6-15(13)20-16/h1-10H,(H2,18,19). The molecule has 20 heavy (non-hydrogen) atoms. The van der Waals surface area contributed by atoms with Gasteiger partial charge in [0.2, 0.25) is 0 Å². The number of nitrogen functional groups attached to an aromatic ring is 1. The Balaban J connectivity index is 2.03. The number of fused-ring (bicyclic) bond motifs is 3. The molecule has 2 aromatic carbocycles. The summed E-state index contributed by atoms with van der Waals surface area (Å²) >= 11 is 0. The molecule has 0 amide bonds. The van der Waals surface area contributed by atoms with E-state index in [1.807, 2.05) is 42.5 Å². The van der Waals surface area contributed by atoms with Gasteiger partial charge >= 0.3 is 0 Å². The summed E-state index contributed by atoms with van der Waals surface area (Å²) in [7, 11) is 0. The lowest BCUT2D eigenvalue weighted by molar-refractivity contribution is 0.669. The Hall–Kier alpha value is -2.81. The van der Waals surface area contributed by atoms with Crippen LogP contribution in [0.3, 0.4) is 0 Å². The molecule has 0 unspecified atom stereocenters. The van der Waals surface area contributed by atoms with Crippen LogP contribution in [-0.4, -0.2) is 4.98 Å². The zero-order valence-electron chi connectivity index (χ0n) is 10.7. The van der Waals surface area contributed by atoms with Crippen LogP contribution in [0.25, 0.3) is 33.1 Å². The fraction of sp³-hybridized carbons (Fsp3) is 0. The number of nitrogens with two attached hydrogens (primary N) is 1. The molecule has 2 N–H and O–H groups in total. The second-order valence-electron chi connectivity index (χ2n) is 4.75. The highest BCUT2D eigenvalue weighted by molar-refractivity contribution is 6.06. The van der Waals surface area contributed by atoms with Crippen LogP contribution in [-0.2, 0) is 0 Å². The summed E-state index contributed by atoms with van der Waals surface area (Å²) in [6.45, 7) is 0. The van der Waals surface area contributed by atoms with Crippen LogP contribution in [0.5, 0.6) is 0 Å². The molecular formula is C17H12N2O. The van der Waals surface area contributed by atoms with Gasteiger partial charge in [0.25, 0.3) is 0 Å². The van der Waals surface area contributed by atoms with E-state index in [-0.39, 0.29) is 0 Å². The largest absolute Gasteiger partial charge is 0.456 e. The quantitative estimate of drug-likeness (QED) is 0.557. The number of hydrogen-bond acceptors (Lipinski definition) is 3. The minimum absolute atomic E-state index is 0.541. The van der Waals surface area contributed by atoms with Crippen molar-refractivity contribution in [2.24, 2.45) is 0 Å². The van der Waals surface area contributed by atoms with E-state index in [1.54, 1.807) is 6.20 Å². The van der Waals surface area contributed by atoms with Gasteiger partial charge in [-0.3, -0.25) is 0 Å². The number of benzene rings is 2. The molecule has 4 rings (SSSR count).